The number of nitrogen functional groups attached to an aromatic ring is 1. The second kappa shape index (κ2) is 9.13. The Morgan fingerprint density at radius 1 is 1.25 bits per heavy atom. The van der Waals surface area contributed by atoms with E-state index >= 15 is 0 Å². The van der Waals surface area contributed by atoms with Crippen LogP contribution < -0.4 is 15.9 Å². The van der Waals surface area contributed by atoms with E-state index in [0.29, 0.717) is 20.9 Å². The van der Waals surface area contributed by atoms with Crippen LogP contribution in [0.5, 0.6) is 5.75 Å². The third-order valence-corrected chi connectivity index (χ3v) is 4.97. The van der Waals surface area contributed by atoms with Crippen molar-refractivity contribution in [3.8, 4) is 5.75 Å². The quantitative estimate of drug-likeness (QED) is 0.428. The summed E-state index contributed by atoms with van der Waals surface area (Å²) in [4.78, 5) is 12.1. The second-order valence-electron chi connectivity index (χ2n) is 5.45. The van der Waals surface area contributed by atoms with Crippen LogP contribution in [0.1, 0.15) is 5.82 Å². The maximum atomic E-state index is 13.6. The van der Waals surface area contributed by atoms with Gasteiger partial charge in [-0.1, -0.05) is 47.1 Å². The molecular formula is C17H14Cl2FN5O2S. The van der Waals surface area contributed by atoms with Crippen LogP contribution in [0, 0.1) is 5.82 Å². The Balaban J connectivity index is 1.56. The maximum Gasteiger partial charge on any atom is 0.234 e. The number of hydrogen-bond acceptors (Lipinski definition) is 6. The predicted molar refractivity (Wildman–Crippen MR) is 107 cm³/mol. The predicted octanol–water partition coefficient (Wildman–Crippen LogP) is 3.75. The van der Waals surface area contributed by atoms with Crippen molar-refractivity contribution in [1.29, 1.82) is 0 Å². The number of nitrogens with two attached hydrogens (primary N) is 1. The monoisotopic (exact) mass is 441 g/mol. The van der Waals surface area contributed by atoms with Crippen LogP contribution in [0.3, 0.4) is 0 Å². The number of carbonyl (C=O) groups is 1. The number of thioether (sulfide) groups is 1. The standard InChI is InChI=1S/C17H14Cl2FN5O2S/c18-10-5-6-11(19)13(7-10)22-16(26)9-28-17-24-23-15(25(17)21)8-27-14-4-2-1-3-12(14)20/h1-7H,8-9,21H2,(H,22,26). The van der Waals surface area contributed by atoms with Gasteiger partial charge in [-0.15, -0.1) is 10.2 Å². The van der Waals surface area contributed by atoms with Crippen molar-refractivity contribution in [3.05, 3.63) is 64.2 Å². The molecule has 28 heavy (non-hydrogen) atoms. The first-order valence-corrected chi connectivity index (χ1v) is 9.62. The van der Waals surface area contributed by atoms with Crippen LogP contribution in [-0.2, 0) is 11.4 Å². The lowest BCUT2D eigenvalue weighted by molar-refractivity contribution is -0.113. The molecule has 2 aromatic carbocycles. The molecule has 0 atom stereocenters. The molecule has 1 amide bonds. The molecule has 0 aliphatic heterocycles. The topological polar surface area (TPSA) is 95.1 Å². The Bertz CT molecular complexity index is 1000. The summed E-state index contributed by atoms with van der Waals surface area (Å²) in [5.41, 5.74) is 0.410. The average molecular weight is 442 g/mol. The van der Waals surface area contributed by atoms with Gasteiger partial charge in [0.2, 0.25) is 11.1 Å². The molecule has 0 aliphatic carbocycles. The molecule has 3 rings (SSSR count). The highest BCUT2D eigenvalue weighted by Gasteiger charge is 2.14. The number of benzene rings is 2. The highest BCUT2D eigenvalue weighted by Crippen LogP contribution is 2.26. The average Bonchev–Trinajstić information content (AvgIpc) is 3.02. The molecule has 0 saturated heterocycles. The van der Waals surface area contributed by atoms with Crippen LogP contribution in [-0.4, -0.2) is 26.5 Å². The Morgan fingerprint density at radius 2 is 2.04 bits per heavy atom. The molecule has 11 heteroatoms. The van der Waals surface area contributed by atoms with Crippen LogP contribution in [0.25, 0.3) is 0 Å². The number of nitrogens with zero attached hydrogens (tertiary/aromatic N) is 3. The number of rotatable bonds is 7. The van der Waals surface area contributed by atoms with E-state index in [9.17, 15) is 9.18 Å². The molecule has 0 radical (unpaired) electrons. The zero-order valence-corrected chi connectivity index (χ0v) is 16.6. The van der Waals surface area contributed by atoms with Crippen LogP contribution in [0.2, 0.25) is 10.0 Å². The molecule has 0 fully saturated rings. The van der Waals surface area contributed by atoms with Crippen molar-refractivity contribution < 1.29 is 13.9 Å². The van der Waals surface area contributed by atoms with Crippen molar-refractivity contribution in [2.75, 3.05) is 16.9 Å². The molecule has 0 spiro atoms. The molecule has 3 aromatic rings. The molecule has 0 saturated carbocycles. The number of ether oxygens (including phenoxy) is 1. The molecule has 1 heterocycles. The van der Waals surface area contributed by atoms with Crippen LogP contribution in [0.15, 0.2) is 47.6 Å². The van der Waals surface area contributed by atoms with E-state index in [1.165, 1.54) is 16.8 Å². The van der Waals surface area contributed by atoms with E-state index in [0.717, 1.165) is 11.8 Å². The summed E-state index contributed by atoms with van der Waals surface area (Å²) in [5, 5.41) is 11.6. The van der Waals surface area contributed by atoms with Gasteiger partial charge in [-0.2, -0.15) is 0 Å². The Labute approximate surface area is 173 Å². The van der Waals surface area contributed by atoms with Crippen molar-refractivity contribution in [3.63, 3.8) is 0 Å². The van der Waals surface area contributed by atoms with Gasteiger partial charge in [0.25, 0.3) is 0 Å². The van der Waals surface area contributed by atoms with E-state index in [-0.39, 0.29) is 29.8 Å². The molecule has 3 N–H and O–H groups in total. The summed E-state index contributed by atoms with van der Waals surface area (Å²) in [5.74, 6) is 5.49. The highest BCUT2D eigenvalue weighted by molar-refractivity contribution is 7.99. The van der Waals surface area contributed by atoms with E-state index in [2.05, 4.69) is 15.5 Å². The van der Waals surface area contributed by atoms with Gasteiger partial charge in [-0.3, -0.25) is 4.79 Å². The number of halogens is 3. The zero-order chi connectivity index (χ0) is 20.1. The summed E-state index contributed by atoms with van der Waals surface area (Å²) >= 11 is 13.0. The number of hydrogen-bond donors (Lipinski definition) is 2. The van der Waals surface area contributed by atoms with Gasteiger partial charge in [0.15, 0.2) is 17.4 Å². The van der Waals surface area contributed by atoms with Gasteiger partial charge in [-0.05, 0) is 30.3 Å². The second-order valence-corrected chi connectivity index (χ2v) is 7.24. The molecule has 7 nitrogen and oxygen atoms in total. The number of aromatic nitrogens is 3. The van der Waals surface area contributed by atoms with Gasteiger partial charge in [0.1, 0.15) is 6.61 Å². The summed E-state index contributed by atoms with van der Waals surface area (Å²) in [6.45, 7) is -0.0741. The van der Waals surface area contributed by atoms with Crippen molar-refractivity contribution in [2.45, 2.75) is 11.8 Å². The molecule has 1 aromatic heterocycles. The maximum absolute atomic E-state index is 13.6. The number of para-hydroxylation sites is 1. The fourth-order valence-electron chi connectivity index (χ4n) is 2.12. The van der Waals surface area contributed by atoms with Crippen molar-refractivity contribution in [2.24, 2.45) is 0 Å². The lowest BCUT2D eigenvalue weighted by Gasteiger charge is -2.08. The fraction of sp³-hybridized carbons (Fsp3) is 0.118. The molecular weight excluding hydrogens is 428 g/mol. The highest BCUT2D eigenvalue weighted by atomic mass is 35.5. The summed E-state index contributed by atoms with van der Waals surface area (Å²) in [6.07, 6.45) is 0. The van der Waals surface area contributed by atoms with Crippen molar-refractivity contribution in [1.82, 2.24) is 14.9 Å². The molecule has 146 valence electrons. The Kier molecular flexibility index (Phi) is 6.61. The van der Waals surface area contributed by atoms with Gasteiger partial charge < -0.3 is 15.9 Å². The third-order valence-electron chi connectivity index (χ3n) is 3.46. The summed E-state index contributed by atoms with van der Waals surface area (Å²) < 4.78 is 20.1. The molecule has 0 aliphatic rings. The Hall–Kier alpha value is -2.49. The lowest BCUT2D eigenvalue weighted by Crippen LogP contribution is -2.18. The Morgan fingerprint density at radius 3 is 2.82 bits per heavy atom. The fourth-order valence-corrected chi connectivity index (χ4v) is 3.13. The molecule has 0 bridgehead atoms. The van der Waals surface area contributed by atoms with Crippen LogP contribution >= 0.6 is 35.0 Å². The zero-order valence-electron chi connectivity index (χ0n) is 14.2. The van der Waals surface area contributed by atoms with Crippen molar-refractivity contribution >= 4 is 46.6 Å². The number of amides is 1. The number of anilines is 1. The van der Waals surface area contributed by atoms with Gasteiger partial charge in [0.05, 0.1) is 16.5 Å². The van der Waals surface area contributed by atoms with Crippen LogP contribution in [0.4, 0.5) is 10.1 Å². The first kappa shape index (κ1) is 20.2. The van der Waals surface area contributed by atoms with E-state index in [4.69, 9.17) is 33.8 Å². The first-order valence-electron chi connectivity index (χ1n) is 7.88. The minimum atomic E-state index is -0.489. The van der Waals surface area contributed by atoms with E-state index in [1.807, 2.05) is 0 Å². The molecule has 0 unspecified atom stereocenters. The third kappa shape index (κ3) is 5.06. The minimum Gasteiger partial charge on any atom is -0.482 e. The smallest absolute Gasteiger partial charge is 0.234 e. The summed E-state index contributed by atoms with van der Waals surface area (Å²) in [7, 11) is 0. The lowest BCUT2D eigenvalue weighted by atomic mass is 10.3. The SMILES string of the molecule is Nn1c(COc2ccccc2F)nnc1SCC(=O)Nc1cc(Cl)ccc1Cl. The summed E-state index contributed by atoms with van der Waals surface area (Å²) in [6, 6.07) is 10.8. The van der Waals surface area contributed by atoms with Gasteiger partial charge in [0, 0.05) is 5.02 Å². The van der Waals surface area contributed by atoms with E-state index < -0.39 is 5.82 Å². The van der Waals surface area contributed by atoms with Gasteiger partial charge in [-0.25, -0.2) is 9.07 Å². The first-order chi connectivity index (χ1) is 13.4. The minimum absolute atomic E-state index is 0.0202. The van der Waals surface area contributed by atoms with E-state index in [1.54, 1.807) is 30.3 Å². The van der Waals surface area contributed by atoms with Gasteiger partial charge >= 0.3 is 0 Å². The number of nitrogens with one attached hydrogen (secondary N) is 1. The number of carbonyl (C=O) groups excluding carboxylic acids is 1. The largest absolute Gasteiger partial charge is 0.482 e. The normalized spacial score (nSPS) is 10.7.